The van der Waals surface area contributed by atoms with Crippen LogP contribution in [0.2, 0.25) is 0 Å². The molecule has 1 aromatic heterocycles. The smallest absolute Gasteiger partial charge is 0.416 e. The zero-order valence-electron chi connectivity index (χ0n) is 19.3. The van der Waals surface area contributed by atoms with E-state index in [0.717, 1.165) is 18.2 Å². The topological polar surface area (TPSA) is 51.7 Å². The molecule has 2 saturated heterocycles. The highest BCUT2D eigenvalue weighted by Gasteiger charge is 2.51. The molecule has 36 heavy (non-hydrogen) atoms. The number of ether oxygens (including phenoxy) is 2. The van der Waals surface area contributed by atoms with E-state index in [-0.39, 0.29) is 17.0 Å². The Labute approximate surface area is 203 Å². The molecule has 0 saturated carbocycles. The van der Waals surface area contributed by atoms with Crippen LogP contribution in [0, 0.1) is 0 Å². The number of fused-ring (bicyclic) bond motifs is 1. The Bertz CT molecular complexity index is 1220. The minimum Gasteiger partial charge on any atom is -0.481 e. The summed E-state index contributed by atoms with van der Waals surface area (Å²) in [5, 5.41) is 0. The summed E-state index contributed by atoms with van der Waals surface area (Å²) in [4.78, 5) is 18.3. The van der Waals surface area contributed by atoms with Crippen LogP contribution in [-0.4, -0.2) is 41.4 Å². The van der Waals surface area contributed by atoms with Gasteiger partial charge in [-0.05, 0) is 66.8 Å². The molecule has 2 aliphatic rings. The first-order chi connectivity index (χ1) is 16.8. The monoisotopic (exact) mass is 512 g/mol. The first-order valence-electron chi connectivity index (χ1n) is 11.0. The predicted molar refractivity (Wildman–Crippen MR) is 118 cm³/mol. The number of carbonyl (C=O) groups excluding carboxylic acids is 1. The van der Waals surface area contributed by atoms with Gasteiger partial charge in [0.25, 0.3) is 0 Å². The van der Waals surface area contributed by atoms with Gasteiger partial charge in [-0.1, -0.05) is 12.6 Å². The maximum atomic E-state index is 13.6. The number of hydrogen-bond donors (Lipinski definition) is 0. The van der Waals surface area contributed by atoms with E-state index in [4.69, 9.17) is 9.47 Å². The summed E-state index contributed by atoms with van der Waals surface area (Å²) in [5.41, 5.74) is -0.780. The molecule has 1 aromatic carbocycles. The van der Waals surface area contributed by atoms with E-state index in [0.29, 0.717) is 24.0 Å². The summed E-state index contributed by atoms with van der Waals surface area (Å²) in [6, 6.07) is 5.06. The van der Waals surface area contributed by atoms with Crippen LogP contribution >= 0.6 is 0 Å². The number of rotatable bonds is 5. The molecule has 0 aliphatic carbocycles. The number of amides is 1. The molecule has 2 aliphatic heterocycles. The van der Waals surface area contributed by atoms with E-state index >= 15 is 0 Å². The standard InChI is InChI=1S/C25H22F6N2O3/c1-13(11-14(2)24(26,27)28)21-20-9-8-19(33(20)23(34)36-21)18-12-15(25(29,30)31)6-7-16(18)17-5-4-10-32-22(17)35-3/h4-7,10-12,19-21H,2,8-9H2,1,3H3. The molecule has 11 heteroatoms. The second kappa shape index (κ2) is 9.18. The van der Waals surface area contributed by atoms with Gasteiger partial charge >= 0.3 is 18.4 Å². The van der Waals surface area contributed by atoms with E-state index in [1.54, 1.807) is 12.1 Å². The number of alkyl halides is 6. The van der Waals surface area contributed by atoms with Crippen molar-refractivity contribution in [2.45, 2.75) is 50.3 Å². The van der Waals surface area contributed by atoms with Gasteiger partial charge in [-0.15, -0.1) is 0 Å². The number of aromatic nitrogens is 1. The van der Waals surface area contributed by atoms with Gasteiger partial charge in [0.15, 0.2) is 0 Å². The quantitative estimate of drug-likeness (QED) is 0.324. The molecule has 3 unspecified atom stereocenters. The zero-order chi connectivity index (χ0) is 26.4. The molecule has 2 aromatic rings. The lowest BCUT2D eigenvalue weighted by Crippen LogP contribution is -2.33. The van der Waals surface area contributed by atoms with Crippen molar-refractivity contribution >= 4 is 6.09 Å². The van der Waals surface area contributed by atoms with Crippen molar-refractivity contribution in [3.05, 3.63) is 71.5 Å². The number of pyridine rings is 1. The fourth-order valence-corrected chi connectivity index (χ4v) is 4.80. The predicted octanol–water partition coefficient (Wildman–Crippen LogP) is 6.87. The summed E-state index contributed by atoms with van der Waals surface area (Å²) >= 11 is 0. The van der Waals surface area contributed by atoms with Gasteiger partial charge in [0, 0.05) is 17.3 Å². The molecule has 1 amide bonds. The molecular weight excluding hydrogens is 490 g/mol. The molecule has 3 atom stereocenters. The molecular formula is C25H22F6N2O3. The number of carbonyl (C=O) groups is 1. The minimum atomic E-state index is -4.64. The number of cyclic esters (lactones) is 1. The van der Waals surface area contributed by atoms with Gasteiger partial charge < -0.3 is 9.47 Å². The number of methoxy groups -OCH3 is 1. The summed E-state index contributed by atoms with van der Waals surface area (Å²) in [6.45, 7) is 4.42. The van der Waals surface area contributed by atoms with Gasteiger partial charge in [-0.3, -0.25) is 4.90 Å². The molecule has 5 nitrogen and oxygen atoms in total. The highest BCUT2D eigenvalue weighted by molar-refractivity contribution is 5.76. The largest absolute Gasteiger partial charge is 0.481 e. The molecule has 3 heterocycles. The third kappa shape index (κ3) is 4.66. The average molecular weight is 512 g/mol. The SMILES string of the molecule is C=C(C=C(C)C1OC(=O)N2C(c3cc(C(F)(F)F)ccc3-c3cccnc3OC)CCC12)C(F)(F)F. The number of halogens is 6. The zero-order valence-corrected chi connectivity index (χ0v) is 19.3. The Hall–Kier alpha value is -3.50. The lowest BCUT2D eigenvalue weighted by molar-refractivity contribution is -0.137. The Morgan fingerprint density at radius 1 is 1.17 bits per heavy atom. The van der Waals surface area contributed by atoms with Crippen molar-refractivity contribution in [2.75, 3.05) is 7.11 Å². The third-order valence-corrected chi connectivity index (χ3v) is 6.42. The van der Waals surface area contributed by atoms with Gasteiger partial charge in [0.05, 0.1) is 24.8 Å². The van der Waals surface area contributed by atoms with Crippen LogP contribution in [0.3, 0.4) is 0 Å². The van der Waals surface area contributed by atoms with Gasteiger partial charge in [0.2, 0.25) is 5.88 Å². The van der Waals surface area contributed by atoms with Gasteiger partial charge in [0.1, 0.15) is 6.10 Å². The summed E-state index contributed by atoms with van der Waals surface area (Å²) in [6.07, 6.45) is -8.14. The highest BCUT2D eigenvalue weighted by atomic mass is 19.4. The van der Waals surface area contributed by atoms with Crippen LogP contribution in [0.5, 0.6) is 5.88 Å². The summed E-state index contributed by atoms with van der Waals surface area (Å²) in [7, 11) is 1.38. The number of benzene rings is 1. The van der Waals surface area contributed by atoms with Crippen molar-refractivity contribution < 1.29 is 40.6 Å². The van der Waals surface area contributed by atoms with Crippen molar-refractivity contribution in [2.24, 2.45) is 0 Å². The Morgan fingerprint density at radius 3 is 2.53 bits per heavy atom. The summed E-state index contributed by atoms with van der Waals surface area (Å²) in [5.74, 6) is 0.194. The highest BCUT2D eigenvalue weighted by Crippen LogP contribution is 2.48. The first kappa shape index (κ1) is 25.6. The van der Waals surface area contributed by atoms with Crippen LogP contribution in [0.1, 0.15) is 36.9 Å². The molecule has 192 valence electrons. The number of hydrogen-bond acceptors (Lipinski definition) is 4. The van der Waals surface area contributed by atoms with Crippen LogP contribution in [0.15, 0.2) is 60.3 Å². The molecule has 4 rings (SSSR count). The fourth-order valence-electron chi connectivity index (χ4n) is 4.80. The summed E-state index contributed by atoms with van der Waals surface area (Å²) < 4.78 is 90.4. The molecule has 2 fully saturated rings. The second-order valence-electron chi connectivity index (χ2n) is 8.64. The maximum absolute atomic E-state index is 13.6. The fraction of sp³-hybridized carbons (Fsp3) is 0.360. The number of allylic oxidation sites excluding steroid dienone is 2. The van der Waals surface area contributed by atoms with Crippen molar-refractivity contribution in [1.82, 2.24) is 9.88 Å². The van der Waals surface area contributed by atoms with Crippen LogP contribution in [0.25, 0.3) is 11.1 Å². The van der Waals surface area contributed by atoms with Crippen molar-refractivity contribution in [1.29, 1.82) is 0 Å². The lowest BCUT2D eigenvalue weighted by atomic mass is 9.92. The van der Waals surface area contributed by atoms with E-state index < -0.39 is 47.8 Å². The lowest BCUT2D eigenvalue weighted by Gasteiger charge is -2.26. The van der Waals surface area contributed by atoms with Crippen LogP contribution < -0.4 is 4.74 Å². The van der Waals surface area contributed by atoms with Crippen LogP contribution in [-0.2, 0) is 10.9 Å². The van der Waals surface area contributed by atoms with E-state index in [2.05, 4.69) is 11.6 Å². The first-order valence-corrected chi connectivity index (χ1v) is 11.0. The van der Waals surface area contributed by atoms with Gasteiger partial charge in [-0.25, -0.2) is 9.78 Å². The maximum Gasteiger partial charge on any atom is 0.416 e. The van der Waals surface area contributed by atoms with E-state index in [9.17, 15) is 31.1 Å². The van der Waals surface area contributed by atoms with Crippen molar-refractivity contribution in [3.63, 3.8) is 0 Å². The van der Waals surface area contributed by atoms with Crippen LogP contribution in [0.4, 0.5) is 31.1 Å². The van der Waals surface area contributed by atoms with E-state index in [1.807, 2.05) is 0 Å². The Morgan fingerprint density at radius 2 is 1.89 bits per heavy atom. The average Bonchev–Trinajstić information content (AvgIpc) is 3.38. The van der Waals surface area contributed by atoms with Gasteiger partial charge in [-0.2, -0.15) is 26.3 Å². The second-order valence-corrected chi connectivity index (χ2v) is 8.64. The Kier molecular flexibility index (Phi) is 6.52. The third-order valence-electron chi connectivity index (χ3n) is 6.42. The van der Waals surface area contributed by atoms with E-state index in [1.165, 1.54) is 31.2 Å². The minimum absolute atomic E-state index is 0.150. The van der Waals surface area contributed by atoms with Crippen molar-refractivity contribution in [3.8, 4) is 17.0 Å². The molecule has 0 spiro atoms. The molecule has 0 radical (unpaired) electrons. The Balaban J connectivity index is 1.76. The normalized spacial score (nSPS) is 22.4. The molecule has 0 bridgehead atoms. The number of nitrogens with zero attached hydrogens (tertiary/aromatic N) is 2. The molecule has 0 N–H and O–H groups in total.